The first kappa shape index (κ1) is 20.6. The normalized spacial score (nSPS) is 16.8. The summed E-state index contributed by atoms with van der Waals surface area (Å²) in [4.78, 5) is 20.6. The van der Waals surface area contributed by atoms with Crippen molar-refractivity contribution in [2.75, 3.05) is 13.1 Å². The number of imidazole rings is 1. The van der Waals surface area contributed by atoms with Crippen LogP contribution in [0.1, 0.15) is 55.5 Å². The molecule has 1 fully saturated rings. The maximum atomic E-state index is 12.8. The number of piperidine rings is 1. The van der Waals surface area contributed by atoms with E-state index in [9.17, 15) is 13.2 Å². The summed E-state index contributed by atoms with van der Waals surface area (Å²) in [5.74, 6) is 0.190. The van der Waals surface area contributed by atoms with Gasteiger partial charge >= 0.3 is 0 Å². The average Bonchev–Trinajstić information content (AvgIpc) is 3.40. The third-order valence-electron chi connectivity index (χ3n) is 5.37. The number of hydrogen-bond acceptors (Lipinski definition) is 5. The Balaban J connectivity index is 1.54. The van der Waals surface area contributed by atoms with Crippen molar-refractivity contribution in [2.24, 2.45) is 5.92 Å². The zero-order chi connectivity index (χ0) is 21.3. The van der Waals surface area contributed by atoms with Crippen LogP contribution >= 0.6 is 0 Å². The lowest BCUT2D eigenvalue weighted by atomic mass is 10.0. The molecule has 3 aromatic rings. The molecule has 0 bridgehead atoms. The van der Waals surface area contributed by atoms with Gasteiger partial charge in [0.25, 0.3) is 15.9 Å². The molecule has 0 radical (unpaired) electrons. The van der Waals surface area contributed by atoms with E-state index in [1.807, 2.05) is 38.1 Å². The van der Waals surface area contributed by atoms with Gasteiger partial charge in [-0.25, -0.2) is 13.4 Å². The lowest BCUT2D eigenvalue weighted by Crippen LogP contribution is -2.35. The Hall–Kier alpha value is -2.65. The molecule has 1 amide bonds. The number of benzene rings is 1. The van der Waals surface area contributed by atoms with E-state index >= 15 is 0 Å². The fraction of sp³-hybridized carbons (Fsp3) is 0.429. The largest absolute Gasteiger partial charge is 0.438 e. The summed E-state index contributed by atoms with van der Waals surface area (Å²) >= 11 is 0. The molecule has 160 valence electrons. The zero-order valence-electron chi connectivity index (χ0n) is 17.1. The first-order valence-corrected chi connectivity index (χ1v) is 11.7. The van der Waals surface area contributed by atoms with Gasteiger partial charge in [0.2, 0.25) is 5.09 Å². The molecule has 1 aliphatic rings. The molecule has 30 heavy (non-hydrogen) atoms. The Kier molecular flexibility index (Phi) is 5.66. The first-order valence-electron chi connectivity index (χ1n) is 10.2. The number of nitrogens with zero attached hydrogens (tertiary/aromatic N) is 2. The zero-order valence-corrected chi connectivity index (χ0v) is 17.9. The molecule has 0 aliphatic carbocycles. The van der Waals surface area contributed by atoms with Crippen molar-refractivity contribution in [3.8, 4) is 0 Å². The standard InChI is InChI=1S/C21H26N4O4S/c1-14(2)19(20-22-15-8-4-5-9-16(15)23-20)24-21(26)17-10-11-18(29-17)30(27,28)25-12-6-3-7-13-25/h4-5,8-11,14,19H,3,6-7,12-13H2,1-2H3,(H,22,23)(H,24,26)/t19-/m0/s1. The Morgan fingerprint density at radius 2 is 1.87 bits per heavy atom. The molecule has 0 unspecified atom stereocenters. The fourth-order valence-electron chi connectivity index (χ4n) is 3.70. The van der Waals surface area contributed by atoms with E-state index in [-0.39, 0.29) is 22.8 Å². The number of aromatic amines is 1. The van der Waals surface area contributed by atoms with Crippen molar-refractivity contribution in [3.05, 3.63) is 48.0 Å². The number of carbonyl (C=O) groups excluding carboxylic acids is 1. The highest BCUT2D eigenvalue weighted by atomic mass is 32.2. The van der Waals surface area contributed by atoms with Crippen LogP contribution in [0.3, 0.4) is 0 Å². The van der Waals surface area contributed by atoms with Crippen molar-refractivity contribution >= 4 is 27.0 Å². The predicted octanol–water partition coefficient (Wildman–Crippen LogP) is 3.46. The summed E-state index contributed by atoms with van der Waals surface area (Å²) in [7, 11) is -3.72. The van der Waals surface area contributed by atoms with Crippen molar-refractivity contribution in [2.45, 2.75) is 44.2 Å². The number of sulfonamides is 1. The molecule has 1 aromatic carbocycles. The number of furan rings is 1. The van der Waals surface area contributed by atoms with E-state index in [1.165, 1.54) is 16.4 Å². The minimum Gasteiger partial charge on any atom is -0.438 e. The quantitative estimate of drug-likeness (QED) is 0.623. The smallest absolute Gasteiger partial charge is 0.287 e. The second-order valence-electron chi connectivity index (χ2n) is 7.92. The number of fused-ring (bicyclic) bond motifs is 1. The summed E-state index contributed by atoms with van der Waals surface area (Å²) < 4.78 is 32.4. The molecule has 2 aromatic heterocycles. The molecule has 1 aliphatic heterocycles. The molecule has 8 nitrogen and oxygen atoms in total. The molecule has 3 heterocycles. The third kappa shape index (κ3) is 3.99. The van der Waals surface area contributed by atoms with Gasteiger partial charge in [0.1, 0.15) is 5.82 Å². The summed E-state index contributed by atoms with van der Waals surface area (Å²) in [5.41, 5.74) is 1.71. The van der Waals surface area contributed by atoms with Crippen LogP contribution in [0, 0.1) is 5.92 Å². The van der Waals surface area contributed by atoms with Crippen LogP contribution in [0.5, 0.6) is 0 Å². The van der Waals surface area contributed by atoms with Crippen molar-refractivity contribution in [1.29, 1.82) is 0 Å². The molecule has 2 N–H and O–H groups in total. The molecule has 9 heteroatoms. The Morgan fingerprint density at radius 1 is 1.13 bits per heavy atom. The topological polar surface area (TPSA) is 108 Å². The molecule has 1 atom stereocenters. The molecule has 0 saturated carbocycles. The van der Waals surface area contributed by atoms with Crippen molar-refractivity contribution < 1.29 is 17.6 Å². The average molecular weight is 431 g/mol. The maximum Gasteiger partial charge on any atom is 0.287 e. The van der Waals surface area contributed by atoms with Crippen molar-refractivity contribution in [1.82, 2.24) is 19.6 Å². The van der Waals surface area contributed by atoms with Gasteiger partial charge in [-0.3, -0.25) is 4.79 Å². The number of rotatable bonds is 6. The van der Waals surface area contributed by atoms with Gasteiger partial charge in [0, 0.05) is 13.1 Å². The molecular formula is C21H26N4O4S. The molecular weight excluding hydrogens is 404 g/mol. The first-order chi connectivity index (χ1) is 14.4. The van der Waals surface area contributed by atoms with Crippen LogP contribution in [0.15, 0.2) is 45.9 Å². The van der Waals surface area contributed by atoms with Crippen molar-refractivity contribution in [3.63, 3.8) is 0 Å². The van der Waals surface area contributed by atoms with E-state index in [1.54, 1.807) is 0 Å². The monoisotopic (exact) mass is 430 g/mol. The summed E-state index contributed by atoms with van der Waals surface area (Å²) in [6.07, 6.45) is 2.69. The highest BCUT2D eigenvalue weighted by Crippen LogP contribution is 2.25. The third-order valence-corrected chi connectivity index (χ3v) is 7.14. The number of hydrogen-bond donors (Lipinski definition) is 2. The van der Waals surface area contributed by atoms with Gasteiger partial charge in [-0.05, 0) is 43.0 Å². The van der Waals surface area contributed by atoms with E-state index < -0.39 is 15.9 Å². The lowest BCUT2D eigenvalue weighted by Gasteiger charge is -2.24. The molecule has 0 spiro atoms. The van der Waals surface area contributed by atoms with E-state index in [4.69, 9.17) is 4.42 Å². The predicted molar refractivity (Wildman–Crippen MR) is 112 cm³/mol. The van der Waals surface area contributed by atoms with Gasteiger partial charge < -0.3 is 14.7 Å². The van der Waals surface area contributed by atoms with Gasteiger partial charge in [0.15, 0.2) is 5.76 Å². The SMILES string of the molecule is CC(C)[C@H](NC(=O)c1ccc(S(=O)(=O)N2CCCCC2)o1)c1nc2ccccc2[nH]1. The summed E-state index contributed by atoms with van der Waals surface area (Å²) in [6.45, 7) is 4.91. The summed E-state index contributed by atoms with van der Waals surface area (Å²) in [6, 6.07) is 10.0. The number of amides is 1. The minimum atomic E-state index is -3.72. The second kappa shape index (κ2) is 8.23. The van der Waals surface area contributed by atoms with E-state index in [0.29, 0.717) is 18.9 Å². The van der Waals surface area contributed by atoms with E-state index in [2.05, 4.69) is 15.3 Å². The summed E-state index contributed by atoms with van der Waals surface area (Å²) in [5, 5.41) is 2.72. The molecule has 4 rings (SSSR count). The van der Waals surface area contributed by atoms with Crippen LogP contribution in [0.2, 0.25) is 0 Å². The van der Waals surface area contributed by atoms with Gasteiger partial charge in [-0.2, -0.15) is 4.31 Å². The fourth-order valence-corrected chi connectivity index (χ4v) is 5.12. The number of aromatic nitrogens is 2. The number of nitrogens with one attached hydrogen (secondary N) is 2. The van der Waals surface area contributed by atoms with Crippen LogP contribution in [0.25, 0.3) is 11.0 Å². The van der Waals surface area contributed by atoms with Crippen LogP contribution in [-0.4, -0.2) is 41.7 Å². The lowest BCUT2D eigenvalue weighted by molar-refractivity contribution is 0.0889. The number of para-hydroxylation sites is 2. The Bertz CT molecular complexity index is 1110. The second-order valence-corrected chi connectivity index (χ2v) is 9.79. The minimum absolute atomic E-state index is 0.0349. The van der Waals surface area contributed by atoms with Crippen LogP contribution in [-0.2, 0) is 10.0 Å². The molecule has 1 saturated heterocycles. The van der Waals surface area contributed by atoms with E-state index in [0.717, 1.165) is 30.3 Å². The van der Waals surface area contributed by atoms with Gasteiger partial charge in [0.05, 0.1) is 17.1 Å². The Labute approximate surface area is 175 Å². The van der Waals surface area contributed by atoms with Gasteiger partial charge in [-0.15, -0.1) is 0 Å². The highest BCUT2D eigenvalue weighted by Gasteiger charge is 2.30. The number of carbonyl (C=O) groups is 1. The maximum absolute atomic E-state index is 12.8. The number of H-pyrrole nitrogens is 1. The Morgan fingerprint density at radius 3 is 2.57 bits per heavy atom. The highest BCUT2D eigenvalue weighted by molar-refractivity contribution is 7.89. The van der Waals surface area contributed by atoms with Crippen LogP contribution < -0.4 is 5.32 Å². The van der Waals surface area contributed by atoms with Gasteiger partial charge in [-0.1, -0.05) is 32.4 Å². The van der Waals surface area contributed by atoms with Crippen LogP contribution in [0.4, 0.5) is 0 Å².